The molecule has 2 aliphatic heterocycles. The molecule has 148 valence electrons. The predicted octanol–water partition coefficient (Wildman–Crippen LogP) is 2.65. The summed E-state index contributed by atoms with van der Waals surface area (Å²) in [6, 6.07) is 14.7. The summed E-state index contributed by atoms with van der Waals surface area (Å²) in [5, 5.41) is 10.3. The molecule has 0 radical (unpaired) electrons. The van der Waals surface area contributed by atoms with E-state index in [1.165, 1.54) is 6.07 Å². The van der Waals surface area contributed by atoms with E-state index in [0.29, 0.717) is 29.6 Å². The van der Waals surface area contributed by atoms with Crippen LogP contribution in [0.1, 0.15) is 16.8 Å². The van der Waals surface area contributed by atoms with Crippen LogP contribution in [-0.2, 0) is 0 Å². The van der Waals surface area contributed by atoms with Crippen LogP contribution < -0.4 is 4.74 Å². The fraction of sp³-hybridized carbons (Fsp3) is 0.409. The van der Waals surface area contributed by atoms with Gasteiger partial charge in [0.1, 0.15) is 17.2 Å². The van der Waals surface area contributed by atoms with Gasteiger partial charge in [-0.05, 0) is 43.8 Å². The normalized spacial score (nSPS) is 21.0. The number of carbonyl (C=O) groups excluding carboxylic acids is 1. The standard InChI is InChI=1S/C22H27N3O3/c1-23-11-13-24(14-12-23)17-9-10-25(16-17)22(27)20-15-19(7-8-21(20)26)28-18-5-3-2-4-6-18/h2-8,15,17,26H,9-14,16H2,1H3. The number of aromatic hydroxyl groups is 1. The first-order valence-corrected chi connectivity index (χ1v) is 9.88. The Morgan fingerprint density at radius 2 is 1.75 bits per heavy atom. The molecule has 2 aliphatic rings. The van der Waals surface area contributed by atoms with Crippen molar-refractivity contribution in [3.05, 3.63) is 54.1 Å². The molecule has 4 rings (SSSR count). The number of nitrogens with zero attached hydrogens (tertiary/aromatic N) is 3. The summed E-state index contributed by atoms with van der Waals surface area (Å²) in [6.07, 6.45) is 0.983. The van der Waals surface area contributed by atoms with Gasteiger partial charge in [-0.15, -0.1) is 0 Å². The third-order valence-electron chi connectivity index (χ3n) is 5.68. The average Bonchev–Trinajstić information content (AvgIpc) is 3.20. The van der Waals surface area contributed by atoms with E-state index in [9.17, 15) is 9.90 Å². The molecule has 0 bridgehead atoms. The zero-order valence-electron chi connectivity index (χ0n) is 16.3. The molecule has 1 unspecified atom stereocenters. The maximum Gasteiger partial charge on any atom is 0.257 e. The van der Waals surface area contributed by atoms with E-state index in [2.05, 4.69) is 16.8 Å². The highest BCUT2D eigenvalue weighted by Crippen LogP contribution is 2.29. The molecule has 2 heterocycles. The number of hydrogen-bond donors (Lipinski definition) is 1. The van der Waals surface area contributed by atoms with Gasteiger partial charge in [-0.1, -0.05) is 18.2 Å². The lowest BCUT2D eigenvalue weighted by Crippen LogP contribution is -2.50. The average molecular weight is 381 g/mol. The number of amides is 1. The van der Waals surface area contributed by atoms with Crippen molar-refractivity contribution in [1.29, 1.82) is 0 Å². The number of benzene rings is 2. The molecule has 1 atom stereocenters. The number of likely N-dealkylation sites (tertiary alicyclic amines) is 1. The minimum atomic E-state index is -0.132. The summed E-state index contributed by atoms with van der Waals surface area (Å²) in [4.78, 5) is 19.7. The van der Waals surface area contributed by atoms with E-state index in [1.54, 1.807) is 12.1 Å². The van der Waals surface area contributed by atoms with Gasteiger partial charge < -0.3 is 19.6 Å². The van der Waals surface area contributed by atoms with Crippen LogP contribution in [0.3, 0.4) is 0 Å². The molecular weight excluding hydrogens is 354 g/mol. The second-order valence-corrected chi connectivity index (χ2v) is 7.63. The van der Waals surface area contributed by atoms with Gasteiger partial charge >= 0.3 is 0 Å². The van der Waals surface area contributed by atoms with Gasteiger partial charge in [0.15, 0.2) is 0 Å². The molecule has 1 N–H and O–H groups in total. The first-order valence-electron chi connectivity index (χ1n) is 9.88. The monoisotopic (exact) mass is 381 g/mol. The Morgan fingerprint density at radius 1 is 1.00 bits per heavy atom. The molecule has 28 heavy (non-hydrogen) atoms. The van der Waals surface area contributed by atoms with Crippen LogP contribution in [0.2, 0.25) is 0 Å². The Balaban J connectivity index is 1.43. The second kappa shape index (κ2) is 8.20. The largest absolute Gasteiger partial charge is 0.507 e. The number of ether oxygens (including phenoxy) is 1. The van der Waals surface area contributed by atoms with Crippen LogP contribution in [0.4, 0.5) is 0 Å². The molecule has 0 aliphatic carbocycles. The van der Waals surface area contributed by atoms with Crippen LogP contribution in [0.25, 0.3) is 0 Å². The Kier molecular flexibility index (Phi) is 5.50. The van der Waals surface area contributed by atoms with E-state index in [-0.39, 0.29) is 11.7 Å². The third kappa shape index (κ3) is 4.13. The maximum absolute atomic E-state index is 13.0. The second-order valence-electron chi connectivity index (χ2n) is 7.63. The molecule has 0 spiro atoms. The molecule has 6 nitrogen and oxygen atoms in total. The van der Waals surface area contributed by atoms with Gasteiger partial charge in [0.2, 0.25) is 0 Å². The smallest absolute Gasteiger partial charge is 0.257 e. The third-order valence-corrected chi connectivity index (χ3v) is 5.68. The highest BCUT2D eigenvalue weighted by Gasteiger charge is 2.32. The quantitative estimate of drug-likeness (QED) is 0.882. The number of hydrogen-bond acceptors (Lipinski definition) is 5. The molecule has 2 saturated heterocycles. The van der Waals surface area contributed by atoms with E-state index in [1.807, 2.05) is 35.2 Å². The summed E-state index contributed by atoms with van der Waals surface area (Å²) in [5.41, 5.74) is 0.299. The van der Waals surface area contributed by atoms with Crippen LogP contribution >= 0.6 is 0 Å². The first kappa shape index (κ1) is 18.8. The highest BCUT2D eigenvalue weighted by atomic mass is 16.5. The number of rotatable bonds is 4. The number of phenolic OH excluding ortho intramolecular Hbond substituents is 1. The maximum atomic E-state index is 13.0. The van der Waals surface area contributed by atoms with Crippen molar-refractivity contribution in [2.45, 2.75) is 12.5 Å². The molecule has 2 aromatic rings. The van der Waals surface area contributed by atoms with Crippen LogP contribution in [0.15, 0.2) is 48.5 Å². The fourth-order valence-corrected chi connectivity index (χ4v) is 3.96. The van der Waals surface area contributed by atoms with E-state index in [0.717, 1.165) is 39.1 Å². The molecule has 1 amide bonds. The SMILES string of the molecule is CN1CCN(C2CCN(C(=O)c3cc(Oc4ccccc4)ccc3O)C2)CC1. The van der Waals surface area contributed by atoms with Gasteiger partial charge in [0.05, 0.1) is 5.56 Å². The summed E-state index contributed by atoms with van der Waals surface area (Å²) < 4.78 is 5.82. The lowest BCUT2D eigenvalue weighted by atomic mass is 10.1. The Labute approximate surface area is 165 Å². The summed E-state index contributed by atoms with van der Waals surface area (Å²) in [7, 11) is 2.15. The minimum Gasteiger partial charge on any atom is -0.507 e. The summed E-state index contributed by atoms with van der Waals surface area (Å²) in [6.45, 7) is 5.68. The van der Waals surface area contributed by atoms with Crippen LogP contribution in [0.5, 0.6) is 17.2 Å². The molecule has 0 saturated carbocycles. The lowest BCUT2D eigenvalue weighted by molar-refractivity contribution is 0.0752. The van der Waals surface area contributed by atoms with Gasteiger partial charge in [-0.2, -0.15) is 0 Å². The Morgan fingerprint density at radius 3 is 2.50 bits per heavy atom. The molecular formula is C22H27N3O3. The minimum absolute atomic E-state index is 0.00606. The fourth-order valence-electron chi connectivity index (χ4n) is 3.96. The summed E-state index contributed by atoms with van der Waals surface area (Å²) in [5.74, 6) is 1.10. The Bertz CT molecular complexity index is 819. The first-order chi connectivity index (χ1) is 13.6. The number of phenols is 1. The number of likely N-dealkylation sites (N-methyl/N-ethyl adjacent to an activating group) is 1. The molecule has 0 aromatic heterocycles. The van der Waals surface area contributed by atoms with E-state index in [4.69, 9.17) is 4.74 Å². The van der Waals surface area contributed by atoms with Crippen molar-refractivity contribution < 1.29 is 14.6 Å². The number of para-hydroxylation sites is 1. The topological polar surface area (TPSA) is 56.2 Å². The van der Waals surface area contributed by atoms with Gasteiger partial charge in [-0.3, -0.25) is 9.69 Å². The predicted molar refractivity (Wildman–Crippen MR) is 108 cm³/mol. The summed E-state index contributed by atoms with van der Waals surface area (Å²) >= 11 is 0. The lowest BCUT2D eigenvalue weighted by Gasteiger charge is -2.36. The zero-order chi connectivity index (χ0) is 19.5. The van der Waals surface area contributed by atoms with Gasteiger partial charge in [0, 0.05) is 45.3 Å². The molecule has 2 aromatic carbocycles. The van der Waals surface area contributed by atoms with E-state index < -0.39 is 0 Å². The number of piperazine rings is 1. The van der Waals surface area contributed by atoms with Crippen LogP contribution in [0, 0.1) is 0 Å². The van der Waals surface area contributed by atoms with Crippen molar-refractivity contribution >= 4 is 5.91 Å². The zero-order valence-corrected chi connectivity index (χ0v) is 16.3. The van der Waals surface area contributed by atoms with Gasteiger partial charge in [0.25, 0.3) is 5.91 Å². The molecule has 2 fully saturated rings. The van der Waals surface area contributed by atoms with Crippen molar-refractivity contribution in [2.75, 3.05) is 46.3 Å². The van der Waals surface area contributed by atoms with Crippen molar-refractivity contribution in [3.63, 3.8) is 0 Å². The van der Waals surface area contributed by atoms with Crippen molar-refractivity contribution in [3.8, 4) is 17.2 Å². The highest BCUT2D eigenvalue weighted by molar-refractivity contribution is 5.97. The van der Waals surface area contributed by atoms with Crippen molar-refractivity contribution in [1.82, 2.24) is 14.7 Å². The molecule has 6 heteroatoms. The van der Waals surface area contributed by atoms with Crippen LogP contribution in [-0.4, -0.2) is 78.1 Å². The van der Waals surface area contributed by atoms with Crippen molar-refractivity contribution in [2.24, 2.45) is 0 Å². The Hall–Kier alpha value is -2.57. The van der Waals surface area contributed by atoms with E-state index >= 15 is 0 Å². The number of carbonyl (C=O) groups is 1. The van der Waals surface area contributed by atoms with Gasteiger partial charge in [-0.25, -0.2) is 0 Å².